The molecule has 0 saturated heterocycles. The Bertz CT molecular complexity index is 183. The lowest BCUT2D eigenvalue weighted by atomic mass is 10.5. The number of nitrogens with two attached hydrogens (primary N) is 1. The van der Waals surface area contributed by atoms with E-state index in [1.165, 1.54) is 0 Å². The van der Waals surface area contributed by atoms with Crippen LogP contribution < -0.4 is 5.73 Å². The highest BCUT2D eigenvalue weighted by Crippen LogP contribution is 1.85. The van der Waals surface area contributed by atoms with Crippen LogP contribution in [0.4, 0.5) is 0 Å². The minimum atomic E-state index is -1.08. The standard InChI is InChI=1S/C6H13N3O3.H2O/c1-2-3-9(12)6(7)8-4-5(10)11;/h12H,2-4H2,1H3,(H2,7,8)(H,10,11);1H2. The molecule has 0 saturated carbocycles. The molecule has 78 valence electrons. The minimum absolute atomic E-state index is 0. The molecule has 0 atom stereocenters. The zero-order valence-corrected chi connectivity index (χ0v) is 7.40. The zero-order valence-electron chi connectivity index (χ0n) is 7.40. The molecule has 0 fully saturated rings. The number of hydrogen-bond donors (Lipinski definition) is 3. The second kappa shape index (κ2) is 7.32. The first-order valence-electron chi connectivity index (χ1n) is 3.56. The number of aliphatic carboxylic acids is 1. The summed E-state index contributed by atoms with van der Waals surface area (Å²) in [6, 6.07) is 0. The van der Waals surface area contributed by atoms with Crippen molar-refractivity contribution in [3.8, 4) is 0 Å². The first kappa shape index (κ1) is 14.2. The summed E-state index contributed by atoms with van der Waals surface area (Å²) >= 11 is 0. The monoisotopic (exact) mass is 193 g/mol. The molecule has 7 nitrogen and oxygen atoms in total. The Balaban J connectivity index is 0. The van der Waals surface area contributed by atoms with Crippen molar-refractivity contribution in [2.45, 2.75) is 13.3 Å². The SMILES string of the molecule is CCCN(O)C(N)=NCC(=O)O.O. The molecule has 0 spiro atoms. The van der Waals surface area contributed by atoms with Gasteiger partial charge in [0.1, 0.15) is 6.54 Å². The Labute approximate surface area is 75.7 Å². The van der Waals surface area contributed by atoms with Gasteiger partial charge >= 0.3 is 5.97 Å². The van der Waals surface area contributed by atoms with E-state index in [9.17, 15) is 4.79 Å². The van der Waals surface area contributed by atoms with Crippen molar-refractivity contribution in [1.29, 1.82) is 0 Å². The summed E-state index contributed by atoms with van der Waals surface area (Å²) in [5, 5.41) is 18.0. The molecule has 0 aliphatic rings. The number of hydroxylamine groups is 2. The van der Waals surface area contributed by atoms with E-state index in [4.69, 9.17) is 16.0 Å². The summed E-state index contributed by atoms with van der Waals surface area (Å²) < 4.78 is 0. The summed E-state index contributed by atoms with van der Waals surface area (Å²) in [6.07, 6.45) is 0.708. The molecule has 0 radical (unpaired) electrons. The molecule has 0 unspecified atom stereocenters. The minimum Gasteiger partial charge on any atom is -0.480 e. The molecule has 6 N–H and O–H groups in total. The second-order valence-corrected chi connectivity index (χ2v) is 2.19. The predicted octanol–water partition coefficient (Wildman–Crippen LogP) is -1.34. The lowest BCUT2D eigenvalue weighted by Gasteiger charge is -2.13. The van der Waals surface area contributed by atoms with Gasteiger partial charge in [-0.25, -0.2) is 10.1 Å². The Hall–Kier alpha value is -1.34. The van der Waals surface area contributed by atoms with Gasteiger partial charge < -0.3 is 16.3 Å². The van der Waals surface area contributed by atoms with E-state index in [0.717, 1.165) is 5.06 Å². The van der Waals surface area contributed by atoms with E-state index in [1.54, 1.807) is 0 Å². The van der Waals surface area contributed by atoms with Crippen LogP contribution >= 0.6 is 0 Å². The average Bonchev–Trinajstić information content (AvgIpc) is 2.00. The van der Waals surface area contributed by atoms with Gasteiger partial charge in [-0.1, -0.05) is 6.92 Å². The van der Waals surface area contributed by atoms with Crippen LogP contribution in [-0.4, -0.2) is 45.9 Å². The quantitative estimate of drug-likeness (QED) is 0.289. The topological polar surface area (TPSA) is 131 Å². The fraction of sp³-hybridized carbons (Fsp3) is 0.667. The van der Waals surface area contributed by atoms with E-state index in [-0.39, 0.29) is 11.4 Å². The smallest absolute Gasteiger partial charge is 0.325 e. The summed E-state index contributed by atoms with van der Waals surface area (Å²) in [6.45, 7) is 1.77. The molecule has 13 heavy (non-hydrogen) atoms. The van der Waals surface area contributed by atoms with Crippen LogP contribution in [0.3, 0.4) is 0 Å². The number of rotatable bonds is 4. The van der Waals surface area contributed by atoms with Crippen LogP contribution in [0.2, 0.25) is 0 Å². The molecule has 0 bridgehead atoms. The summed E-state index contributed by atoms with van der Waals surface area (Å²) in [5.41, 5.74) is 5.21. The number of carboxylic acid groups (broad SMARTS) is 1. The van der Waals surface area contributed by atoms with Crippen LogP contribution in [0.25, 0.3) is 0 Å². The Morgan fingerprint density at radius 3 is 2.54 bits per heavy atom. The highest BCUT2D eigenvalue weighted by molar-refractivity contribution is 5.80. The van der Waals surface area contributed by atoms with Gasteiger partial charge in [-0.2, -0.15) is 0 Å². The maximum atomic E-state index is 10.0. The Morgan fingerprint density at radius 1 is 1.62 bits per heavy atom. The molecule has 0 rings (SSSR count). The number of guanidine groups is 1. The fourth-order valence-electron chi connectivity index (χ4n) is 0.557. The normalized spacial score (nSPS) is 10.5. The molecule has 0 aromatic rings. The third kappa shape index (κ3) is 7.04. The van der Waals surface area contributed by atoms with Gasteiger partial charge in [0.15, 0.2) is 0 Å². The maximum absolute atomic E-state index is 10.0. The third-order valence-electron chi connectivity index (χ3n) is 1.08. The van der Waals surface area contributed by atoms with Gasteiger partial charge in [0.05, 0.1) is 0 Å². The molecular weight excluding hydrogens is 178 g/mol. The van der Waals surface area contributed by atoms with Gasteiger partial charge in [0.2, 0.25) is 5.96 Å². The first-order chi connectivity index (χ1) is 5.57. The summed E-state index contributed by atoms with van der Waals surface area (Å²) in [5.74, 6) is -1.25. The van der Waals surface area contributed by atoms with Gasteiger partial charge in [-0.15, -0.1) is 0 Å². The van der Waals surface area contributed by atoms with Crippen LogP contribution in [0.5, 0.6) is 0 Å². The van der Waals surface area contributed by atoms with Crippen molar-refractivity contribution < 1.29 is 20.6 Å². The number of carboxylic acids is 1. The van der Waals surface area contributed by atoms with Crippen molar-refractivity contribution >= 4 is 11.9 Å². The van der Waals surface area contributed by atoms with Crippen LogP contribution in [0, 0.1) is 0 Å². The summed E-state index contributed by atoms with van der Waals surface area (Å²) in [7, 11) is 0. The molecule has 0 aliphatic heterocycles. The Kier molecular flexibility index (Phi) is 7.99. The number of nitrogens with zero attached hydrogens (tertiary/aromatic N) is 2. The van der Waals surface area contributed by atoms with Crippen molar-refractivity contribution in [2.75, 3.05) is 13.1 Å². The molecule has 0 aromatic heterocycles. The predicted molar refractivity (Wildman–Crippen MR) is 46.5 cm³/mol. The average molecular weight is 193 g/mol. The largest absolute Gasteiger partial charge is 0.480 e. The molecule has 0 heterocycles. The van der Waals surface area contributed by atoms with Crippen LogP contribution in [-0.2, 0) is 4.79 Å². The van der Waals surface area contributed by atoms with Gasteiger partial charge in [-0.05, 0) is 6.42 Å². The fourth-order valence-corrected chi connectivity index (χ4v) is 0.557. The molecule has 0 aliphatic carbocycles. The van der Waals surface area contributed by atoms with Gasteiger partial charge in [0, 0.05) is 6.54 Å². The van der Waals surface area contributed by atoms with Gasteiger partial charge in [-0.3, -0.25) is 10.0 Å². The van der Waals surface area contributed by atoms with Crippen LogP contribution in [0.1, 0.15) is 13.3 Å². The molecule has 0 aromatic carbocycles. The van der Waals surface area contributed by atoms with E-state index in [0.29, 0.717) is 13.0 Å². The van der Waals surface area contributed by atoms with Crippen molar-refractivity contribution in [3.63, 3.8) is 0 Å². The van der Waals surface area contributed by atoms with Crippen molar-refractivity contribution in [1.82, 2.24) is 5.06 Å². The lowest BCUT2D eigenvalue weighted by Crippen LogP contribution is -2.35. The van der Waals surface area contributed by atoms with E-state index >= 15 is 0 Å². The van der Waals surface area contributed by atoms with Crippen molar-refractivity contribution in [3.05, 3.63) is 0 Å². The van der Waals surface area contributed by atoms with Crippen molar-refractivity contribution in [2.24, 2.45) is 10.7 Å². The highest BCUT2D eigenvalue weighted by Gasteiger charge is 2.02. The first-order valence-corrected chi connectivity index (χ1v) is 3.56. The number of hydrogen-bond acceptors (Lipinski definition) is 3. The number of carbonyl (C=O) groups is 1. The van der Waals surface area contributed by atoms with E-state index in [1.807, 2.05) is 6.92 Å². The number of aliphatic imine (C=N–C) groups is 1. The van der Waals surface area contributed by atoms with E-state index < -0.39 is 12.5 Å². The summed E-state index contributed by atoms with van der Waals surface area (Å²) in [4.78, 5) is 13.4. The second-order valence-electron chi connectivity index (χ2n) is 2.19. The Morgan fingerprint density at radius 2 is 2.15 bits per heavy atom. The van der Waals surface area contributed by atoms with E-state index in [2.05, 4.69) is 4.99 Å². The molecule has 0 amide bonds. The molecule has 7 heteroatoms. The lowest BCUT2D eigenvalue weighted by molar-refractivity contribution is -0.135. The maximum Gasteiger partial charge on any atom is 0.325 e. The zero-order chi connectivity index (χ0) is 9.56. The molecular formula is C6H15N3O4. The van der Waals surface area contributed by atoms with Gasteiger partial charge in [0.25, 0.3) is 0 Å². The third-order valence-corrected chi connectivity index (χ3v) is 1.08. The van der Waals surface area contributed by atoms with Crippen LogP contribution in [0.15, 0.2) is 4.99 Å². The highest BCUT2D eigenvalue weighted by atomic mass is 16.5.